The first-order valence-electron chi connectivity index (χ1n) is 7.29. The molecule has 0 fully saturated rings. The number of aromatic nitrogens is 3. The molecule has 0 aliphatic rings. The van der Waals surface area contributed by atoms with Crippen molar-refractivity contribution in [2.24, 2.45) is 0 Å². The Morgan fingerprint density at radius 3 is 2.83 bits per heavy atom. The normalized spacial score (nSPS) is 12.0. The second kappa shape index (κ2) is 6.93. The predicted molar refractivity (Wildman–Crippen MR) is 85.8 cm³/mol. The fourth-order valence-electron chi connectivity index (χ4n) is 2.23. The molecule has 0 amide bonds. The lowest BCUT2D eigenvalue weighted by Gasteiger charge is -2.13. The van der Waals surface area contributed by atoms with Gasteiger partial charge in [0.1, 0.15) is 18.5 Å². The minimum atomic E-state index is -0.669. The van der Waals surface area contributed by atoms with E-state index in [1.807, 2.05) is 12.1 Å². The Bertz CT molecular complexity index is 812. The fraction of sp³-hybridized carbons (Fsp3) is 0.176. The van der Waals surface area contributed by atoms with Crippen molar-refractivity contribution < 1.29 is 9.84 Å². The van der Waals surface area contributed by atoms with Crippen LogP contribution in [-0.4, -0.2) is 32.2 Å². The van der Waals surface area contributed by atoms with Crippen molar-refractivity contribution >= 4 is 0 Å². The van der Waals surface area contributed by atoms with Crippen molar-refractivity contribution in [2.45, 2.75) is 12.6 Å². The van der Waals surface area contributed by atoms with E-state index in [1.165, 1.54) is 10.6 Å². The molecule has 0 saturated carbocycles. The van der Waals surface area contributed by atoms with Gasteiger partial charge in [0.2, 0.25) is 0 Å². The summed E-state index contributed by atoms with van der Waals surface area (Å²) in [6.07, 6.45) is 4.48. The first kappa shape index (κ1) is 15.1. The number of pyridine rings is 1. The molecular formula is C17H17N3O3. The summed E-state index contributed by atoms with van der Waals surface area (Å²) in [6, 6.07) is 14.0. The summed E-state index contributed by atoms with van der Waals surface area (Å²) in [5.41, 5.74) is 0.609. The van der Waals surface area contributed by atoms with Gasteiger partial charge in [-0.3, -0.25) is 14.0 Å². The minimum absolute atomic E-state index is 0.108. The molecule has 3 aromatic rings. The summed E-state index contributed by atoms with van der Waals surface area (Å²) in [7, 11) is 0. The molecule has 2 heterocycles. The molecular weight excluding hydrogens is 294 g/mol. The monoisotopic (exact) mass is 311 g/mol. The van der Waals surface area contributed by atoms with Gasteiger partial charge in [-0.05, 0) is 24.3 Å². The van der Waals surface area contributed by atoms with E-state index in [0.29, 0.717) is 12.3 Å². The van der Waals surface area contributed by atoms with E-state index >= 15 is 0 Å². The van der Waals surface area contributed by atoms with Crippen molar-refractivity contribution in [3.63, 3.8) is 0 Å². The number of aliphatic hydroxyl groups is 1. The third kappa shape index (κ3) is 3.87. The first-order valence-corrected chi connectivity index (χ1v) is 7.29. The molecule has 1 aromatic carbocycles. The first-order chi connectivity index (χ1) is 11.2. The van der Waals surface area contributed by atoms with Crippen molar-refractivity contribution in [1.29, 1.82) is 0 Å². The van der Waals surface area contributed by atoms with Crippen LogP contribution < -0.4 is 10.3 Å². The van der Waals surface area contributed by atoms with Crippen LogP contribution in [0.25, 0.3) is 5.69 Å². The quantitative estimate of drug-likeness (QED) is 0.748. The zero-order valence-corrected chi connectivity index (χ0v) is 12.4. The van der Waals surface area contributed by atoms with E-state index in [4.69, 9.17) is 4.74 Å². The topological polar surface area (TPSA) is 69.3 Å². The lowest BCUT2D eigenvalue weighted by atomic mass is 10.3. The molecule has 0 bridgehead atoms. The maximum atomic E-state index is 11.8. The summed E-state index contributed by atoms with van der Waals surface area (Å²) in [6.45, 7) is 0.512. The smallest absolute Gasteiger partial charge is 0.255 e. The Morgan fingerprint density at radius 1 is 1.13 bits per heavy atom. The molecule has 23 heavy (non-hydrogen) atoms. The fourth-order valence-corrected chi connectivity index (χ4v) is 2.23. The Kier molecular flexibility index (Phi) is 4.54. The van der Waals surface area contributed by atoms with E-state index in [-0.39, 0.29) is 12.2 Å². The predicted octanol–water partition coefficient (Wildman–Crippen LogP) is 1.47. The van der Waals surface area contributed by atoms with Crippen molar-refractivity contribution in [2.75, 3.05) is 6.61 Å². The number of aliphatic hydroxyl groups excluding tert-OH is 1. The van der Waals surface area contributed by atoms with Crippen LogP contribution in [0.3, 0.4) is 0 Å². The molecule has 0 radical (unpaired) electrons. The summed E-state index contributed by atoms with van der Waals surface area (Å²) >= 11 is 0. The molecule has 0 aliphatic carbocycles. The molecule has 1 N–H and O–H groups in total. The van der Waals surface area contributed by atoms with Gasteiger partial charge in [-0.2, -0.15) is 5.10 Å². The molecule has 0 aliphatic heterocycles. The van der Waals surface area contributed by atoms with Gasteiger partial charge in [0.15, 0.2) is 0 Å². The maximum Gasteiger partial charge on any atom is 0.255 e. The van der Waals surface area contributed by atoms with Gasteiger partial charge in [-0.1, -0.05) is 12.1 Å². The van der Waals surface area contributed by atoms with Gasteiger partial charge in [0.05, 0.1) is 12.2 Å². The Morgan fingerprint density at radius 2 is 2.04 bits per heavy atom. The highest BCUT2D eigenvalue weighted by molar-refractivity contribution is 5.39. The molecule has 0 saturated heterocycles. The second-order valence-electron chi connectivity index (χ2n) is 5.10. The number of hydrogen-bond acceptors (Lipinski definition) is 4. The second-order valence-corrected chi connectivity index (χ2v) is 5.10. The zero-order chi connectivity index (χ0) is 16.1. The van der Waals surface area contributed by atoms with Crippen LogP contribution in [-0.2, 0) is 6.54 Å². The molecule has 2 aromatic heterocycles. The van der Waals surface area contributed by atoms with Gasteiger partial charge in [0.25, 0.3) is 5.56 Å². The Labute approximate surface area is 133 Å². The third-order valence-electron chi connectivity index (χ3n) is 3.32. The van der Waals surface area contributed by atoms with E-state index in [9.17, 15) is 9.90 Å². The van der Waals surface area contributed by atoms with Crippen molar-refractivity contribution in [3.8, 4) is 11.4 Å². The van der Waals surface area contributed by atoms with Gasteiger partial charge in [0, 0.05) is 30.7 Å². The molecule has 0 spiro atoms. The molecule has 6 heteroatoms. The number of benzene rings is 1. The van der Waals surface area contributed by atoms with Crippen molar-refractivity contribution in [1.82, 2.24) is 14.3 Å². The van der Waals surface area contributed by atoms with Gasteiger partial charge < -0.3 is 9.84 Å². The zero-order valence-electron chi connectivity index (χ0n) is 12.4. The third-order valence-corrected chi connectivity index (χ3v) is 3.32. The number of nitrogens with zero attached hydrogens (tertiary/aromatic N) is 3. The minimum Gasteiger partial charge on any atom is -0.491 e. The largest absolute Gasteiger partial charge is 0.491 e. The lowest BCUT2D eigenvalue weighted by Crippen LogP contribution is -2.24. The molecule has 1 unspecified atom stereocenters. The highest BCUT2D eigenvalue weighted by Gasteiger charge is 2.07. The average Bonchev–Trinajstić information content (AvgIpc) is 3.07. The van der Waals surface area contributed by atoms with Crippen LogP contribution in [0.1, 0.15) is 0 Å². The van der Waals surface area contributed by atoms with E-state index in [0.717, 1.165) is 5.69 Å². The Hall–Kier alpha value is -2.86. The van der Waals surface area contributed by atoms with Gasteiger partial charge in [-0.25, -0.2) is 0 Å². The van der Waals surface area contributed by atoms with Crippen molar-refractivity contribution in [3.05, 3.63) is 77.5 Å². The van der Waals surface area contributed by atoms with Crippen LogP contribution >= 0.6 is 0 Å². The van der Waals surface area contributed by atoms with Crippen LogP contribution in [0.15, 0.2) is 71.9 Å². The SMILES string of the molecule is O=c1ccccn1-c1cccc(OCC(O)Cn2cccn2)c1. The van der Waals surface area contributed by atoms with Crippen LogP contribution in [0.5, 0.6) is 5.75 Å². The molecule has 6 nitrogen and oxygen atoms in total. The highest BCUT2D eigenvalue weighted by atomic mass is 16.5. The average molecular weight is 311 g/mol. The number of ether oxygens (including phenoxy) is 1. The maximum absolute atomic E-state index is 11.8. The summed E-state index contributed by atoms with van der Waals surface area (Å²) < 4.78 is 8.79. The van der Waals surface area contributed by atoms with E-state index in [2.05, 4.69) is 5.10 Å². The van der Waals surface area contributed by atoms with E-state index < -0.39 is 6.10 Å². The number of hydrogen-bond donors (Lipinski definition) is 1. The molecule has 118 valence electrons. The summed E-state index contributed by atoms with van der Waals surface area (Å²) in [4.78, 5) is 11.8. The summed E-state index contributed by atoms with van der Waals surface area (Å²) in [5.74, 6) is 0.595. The van der Waals surface area contributed by atoms with E-state index in [1.54, 1.807) is 53.6 Å². The standard InChI is InChI=1S/C17H17N3O3/c21-15(12-19-9-4-8-18-19)13-23-16-6-3-5-14(11-16)20-10-2-1-7-17(20)22/h1-11,15,21H,12-13H2. The summed E-state index contributed by atoms with van der Waals surface area (Å²) in [5, 5.41) is 14.0. The van der Waals surface area contributed by atoms with Gasteiger partial charge >= 0.3 is 0 Å². The Balaban J connectivity index is 1.66. The molecule has 1 atom stereocenters. The van der Waals surface area contributed by atoms with Crippen LogP contribution in [0.2, 0.25) is 0 Å². The molecule has 3 rings (SSSR count). The van der Waals surface area contributed by atoms with Crippen LogP contribution in [0.4, 0.5) is 0 Å². The lowest BCUT2D eigenvalue weighted by molar-refractivity contribution is 0.0893. The van der Waals surface area contributed by atoms with Crippen LogP contribution in [0, 0.1) is 0 Å². The highest BCUT2D eigenvalue weighted by Crippen LogP contribution is 2.16. The van der Waals surface area contributed by atoms with Gasteiger partial charge in [-0.15, -0.1) is 0 Å². The number of rotatable bonds is 6.